The largest absolute Gasteiger partial charge is 0.260 e. The van der Waals surface area contributed by atoms with E-state index in [1.807, 2.05) is 146 Å². The molecule has 0 aliphatic heterocycles. The van der Waals surface area contributed by atoms with Gasteiger partial charge in [0.25, 0.3) is 0 Å². The zero-order valence-corrected chi connectivity index (χ0v) is 31.9. The van der Waals surface area contributed by atoms with Gasteiger partial charge in [-0.25, -0.2) is 16.8 Å². The first-order valence-electron chi connectivity index (χ1n) is 18.0. The lowest BCUT2D eigenvalue weighted by Crippen LogP contribution is -2.20. The van der Waals surface area contributed by atoms with Crippen LogP contribution in [-0.4, -0.2) is 32.6 Å². The molecule has 8 aromatic rings. The van der Waals surface area contributed by atoms with Crippen molar-refractivity contribution < 1.29 is 21.0 Å². The molecule has 0 aromatic heterocycles. The minimum atomic E-state index is -3.98. The van der Waals surface area contributed by atoms with Gasteiger partial charge in [0.1, 0.15) is 0 Å². The summed E-state index contributed by atoms with van der Waals surface area (Å²) in [6.07, 6.45) is 0.197. The normalized spacial score (nSPS) is 14.0. The second-order valence-electron chi connectivity index (χ2n) is 13.6. The van der Waals surface area contributed by atoms with Crippen LogP contribution in [0.4, 0.5) is 0 Å². The Labute approximate surface area is 318 Å². The van der Waals surface area contributed by atoms with Crippen molar-refractivity contribution >= 4 is 73.6 Å². The van der Waals surface area contributed by atoms with Crippen LogP contribution in [0.2, 0.25) is 0 Å². The van der Waals surface area contributed by atoms with Crippen LogP contribution < -0.4 is 0 Å². The van der Waals surface area contributed by atoms with Gasteiger partial charge in [0, 0.05) is 33.1 Å². The van der Waals surface area contributed by atoms with Crippen LogP contribution in [0.5, 0.6) is 0 Å². The molecule has 0 saturated heterocycles. The Kier molecular flexibility index (Phi) is 9.92. The maximum atomic E-state index is 14.8. The molecule has 8 rings (SSSR count). The fourth-order valence-corrected chi connectivity index (χ4v) is 13.4. The van der Waals surface area contributed by atoms with Crippen LogP contribution in [0.1, 0.15) is 34.5 Å². The van der Waals surface area contributed by atoms with E-state index >= 15 is 0 Å². The molecule has 8 aromatic carbocycles. The number of hydrogen-bond acceptors (Lipinski definition) is 5. The average molecular weight is 767 g/mol. The zero-order valence-electron chi connectivity index (χ0n) is 29.4. The topological polar surface area (TPSA) is 85.3 Å². The first-order valence-corrected chi connectivity index (χ1v) is 22.6. The summed E-state index contributed by atoms with van der Waals surface area (Å²) < 4.78 is 73.3. The van der Waals surface area contributed by atoms with Gasteiger partial charge in [0.05, 0.1) is 20.3 Å². The molecule has 270 valence electrons. The van der Waals surface area contributed by atoms with E-state index in [0.717, 1.165) is 32.3 Å². The molecule has 0 spiro atoms. The van der Waals surface area contributed by atoms with E-state index in [2.05, 4.69) is 0 Å². The van der Waals surface area contributed by atoms with Gasteiger partial charge >= 0.3 is 0 Å². The second kappa shape index (κ2) is 14.9. The van der Waals surface area contributed by atoms with Crippen molar-refractivity contribution in [3.63, 3.8) is 0 Å². The standard InChI is InChI=1S/C46H38O5S3/c47-52(31-29-45(41-25-9-17-33-13-1-5-21-37(33)41)53(48,49)43-27-11-19-35-15-3-7-23-39(35)43)32-30-46(42-26-10-18-34-14-2-6-22-38(34)42)54(50,51)44-28-12-20-36-16-4-8-24-40(36)44/h1-28,45-46H,29-32H2. The van der Waals surface area contributed by atoms with Crippen molar-refractivity contribution in [1.82, 2.24) is 0 Å². The van der Waals surface area contributed by atoms with E-state index in [1.54, 1.807) is 24.3 Å². The highest BCUT2D eigenvalue weighted by Gasteiger charge is 2.34. The Hall–Kier alpha value is -5.15. The minimum absolute atomic E-state index is 0.0778. The van der Waals surface area contributed by atoms with Gasteiger partial charge in [0.15, 0.2) is 19.7 Å². The fourth-order valence-electron chi connectivity index (χ4n) is 7.79. The summed E-state index contributed by atoms with van der Waals surface area (Å²) >= 11 is 0. The lowest BCUT2D eigenvalue weighted by molar-refractivity contribution is 0.580. The minimum Gasteiger partial charge on any atom is -0.260 e. The molecule has 8 heteroatoms. The van der Waals surface area contributed by atoms with Crippen LogP contribution in [-0.2, 0) is 30.5 Å². The molecule has 0 fully saturated rings. The summed E-state index contributed by atoms with van der Waals surface area (Å²) in [7, 11) is -9.50. The van der Waals surface area contributed by atoms with Gasteiger partial charge in [-0.2, -0.15) is 0 Å². The van der Waals surface area contributed by atoms with Gasteiger partial charge in [-0.05, 0) is 68.4 Å². The highest BCUT2D eigenvalue weighted by atomic mass is 32.2. The summed E-state index contributed by atoms with van der Waals surface area (Å²) in [5.41, 5.74) is 1.32. The highest BCUT2D eigenvalue weighted by molar-refractivity contribution is 7.92. The van der Waals surface area contributed by atoms with Crippen LogP contribution >= 0.6 is 0 Å². The van der Waals surface area contributed by atoms with Crippen molar-refractivity contribution in [3.8, 4) is 0 Å². The molecule has 2 atom stereocenters. The van der Waals surface area contributed by atoms with E-state index in [0.29, 0.717) is 21.9 Å². The summed E-state index contributed by atoms with van der Waals surface area (Å²) in [5.74, 6) is 0.156. The van der Waals surface area contributed by atoms with E-state index < -0.39 is 41.0 Å². The molecular formula is C46H38O5S3. The second-order valence-corrected chi connectivity index (χ2v) is 19.5. The first-order chi connectivity index (χ1) is 26.2. The van der Waals surface area contributed by atoms with Crippen molar-refractivity contribution in [1.29, 1.82) is 0 Å². The van der Waals surface area contributed by atoms with E-state index in [-0.39, 0.29) is 34.1 Å². The highest BCUT2D eigenvalue weighted by Crippen LogP contribution is 2.41. The van der Waals surface area contributed by atoms with Gasteiger partial charge in [-0.15, -0.1) is 0 Å². The quantitative estimate of drug-likeness (QED) is 0.124. The molecule has 0 amide bonds. The Morgan fingerprint density at radius 3 is 1.06 bits per heavy atom. The molecule has 0 N–H and O–H groups in total. The Bertz CT molecular complexity index is 2700. The lowest BCUT2D eigenvalue weighted by atomic mass is 10.0. The predicted molar refractivity (Wildman–Crippen MR) is 223 cm³/mol. The molecule has 0 aliphatic rings. The number of rotatable bonds is 12. The maximum absolute atomic E-state index is 14.8. The van der Waals surface area contributed by atoms with E-state index in [1.165, 1.54) is 0 Å². The Balaban J connectivity index is 1.14. The third kappa shape index (κ3) is 6.74. The van der Waals surface area contributed by atoms with E-state index in [9.17, 15) is 21.0 Å². The zero-order chi connectivity index (χ0) is 37.3. The SMILES string of the molecule is O=S(CCC(c1cccc2ccccc12)S(=O)(=O)c1cccc2ccccc12)CCC(c1cccc2ccccc12)S(=O)(=O)c1cccc2ccccc12. The first kappa shape index (κ1) is 35.9. The summed E-state index contributed by atoms with van der Waals surface area (Å²) in [5, 5.41) is 4.48. The van der Waals surface area contributed by atoms with Crippen LogP contribution in [0, 0.1) is 0 Å². The molecule has 0 heterocycles. The van der Waals surface area contributed by atoms with Crippen LogP contribution in [0.25, 0.3) is 43.1 Å². The number of benzene rings is 8. The summed E-state index contributed by atoms with van der Waals surface area (Å²) in [6.45, 7) is 0. The van der Waals surface area contributed by atoms with Gasteiger partial charge in [0.2, 0.25) is 0 Å². The average Bonchev–Trinajstić information content (AvgIpc) is 3.20. The number of fused-ring (bicyclic) bond motifs is 4. The Morgan fingerprint density at radius 1 is 0.370 bits per heavy atom. The van der Waals surface area contributed by atoms with Crippen molar-refractivity contribution in [2.75, 3.05) is 11.5 Å². The summed E-state index contributed by atoms with van der Waals surface area (Å²) in [6, 6.07) is 52.3. The maximum Gasteiger partial charge on any atom is 0.186 e. The molecule has 0 bridgehead atoms. The monoisotopic (exact) mass is 766 g/mol. The molecule has 54 heavy (non-hydrogen) atoms. The molecule has 0 saturated carbocycles. The predicted octanol–water partition coefficient (Wildman–Crippen LogP) is 10.6. The lowest BCUT2D eigenvalue weighted by Gasteiger charge is -2.22. The third-order valence-corrected chi connectivity index (χ3v) is 16.2. The summed E-state index contributed by atoms with van der Waals surface area (Å²) in [4.78, 5) is 0.475. The molecule has 2 unspecified atom stereocenters. The van der Waals surface area contributed by atoms with Crippen molar-refractivity contribution in [2.45, 2.75) is 33.1 Å². The molecule has 0 aliphatic carbocycles. The third-order valence-electron chi connectivity index (χ3n) is 10.4. The molecule has 5 nitrogen and oxygen atoms in total. The van der Waals surface area contributed by atoms with Gasteiger partial charge < -0.3 is 0 Å². The van der Waals surface area contributed by atoms with Gasteiger partial charge in [-0.3, -0.25) is 4.21 Å². The van der Waals surface area contributed by atoms with Gasteiger partial charge in [-0.1, -0.05) is 158 Å². The molecule has 0 radical (unpaired) electrons. The number of hydrogen-bond donors (Lipinski definition) is 0. The van der Waals surface area contributed by atoms with E-state index in [4.69, 9.17) is 0 Å². The van der Waals surface area contributed by atoms with Crippen molar-refractivity contribution in [3.05, 3.63) is 181 Å². The smallest absolute Gasteiger partial charge is 0.186 e. The Morgan fingerprint density at radius 2 is 0.667 bits per heavy atom. The van der Waals surface area contributed by atoms with Crippen molar-refractivity contribution in [2.24, 2.45) is 0 Å². The molecular weight excluding hydrogens is 729 g/mol. The van der Waals surface area contributed by atoms with Crippen LogP contribution in [0.15, 0.2) is 180 Å². The fraction of sp³-hybridized carbons (Fsp3) is 0.130. The van der Waals surface area contributed by atoms with Crippen LogP contribution in [0.3, 0.4) is 0 Å². The number of sulfone groups is 2.